The molecule has 112 valence electrons. The highest BCUT2D eigenvalue weighted by molar-refractivity contribution is 6.31. The first kappa shape index (κ1) is 14.6. The van der Waals surface area contributed by atoms with Crippen molar-refractivity contribution >= 4 is 11.6 Å². The Morgan fingerprint density at radius 2 is 2.19 bits per heavy atom. The standard InChI is InChI=1S/C17H21ClN2O/c1-3-20-15(17(18)11(2)19-20)10-16(21)14-6-4-5-13(9-14)12-7-8-12/h4-6,9,12,16,21H,3,7-8,10H2,1-2H3. The van der Waals surface area contributed by atoms with Crippen molar-refractivity contribution in [3.63, 3.8) is 0 Å². The maximum atomic E-state index is 10.6. The zero-order chi connectivity index (χ0) is 15.0. The summed E-state index contributed by atoms with van der Waals surface area (Å²) in [6.07, 6.45) is 2.50. The Labute approximate surface area is 130 Å². The second kappa shape index (κ2) is 5.82. The highest BCUT2D eigenvalue weighted by atomic mass is 35.5. The molecule has 0 radical (unpaired) electrons. The number of aromatic nitrogens is 2. The minimum absolute atomic E-state index is 0.502. The van der Waals surface area contributed by atoms with Gasteiger partial charge < -0.3 is 5.11 Å². The molecule has 1 unspecified atom stereocenters. The maximum absolute atomic E-state index is 10.6. The molecular weight excluding hydrogens is 284 g/mol. The quantitative estimate of drug-likeness (QED) is 0.906. The lowest BCUT2D eigenvalue weighted by molar-refractivity contribution is 0.175. The number of hydrogen-bond donors (Lipinski definition) is 1. The van der Waals surface area contributed by atoms with E-state index in [4.69, 9.17) is 11.6 Å². The Morgan fingerprint density at radius 1 is 1.43 bits per heavy atom. The van der Waals surface area contributed by atoms with Crippen LogP contribution >= 0.6 is 11.6 Å². The monoisotopic (exact) mass is 304 g/mol. The van der Waals surface area contributed by atoms with Crippen LogP contribution in [0.3, 0.4) is 0 Å². The Hall–Kier alpha value is -1.32. The number of aliphatic hydroxyl groups excluding tert-OH is 1. The van der Waals surface area contributed by atoms with Crippen LogP contribution in [0.2, 0.25) is 5.02 Å². The minimum Gasteiger partial charge on any atom is -0.388 e. The van der Waals surface area contributed by atoms with Crippen LogP contribution in [0.1, 0.15) is 54.3 Å². The van der Waals surface area contributed by atoms with Gasteiger partial charge in [-0.05, 0) is 43.7 Å². The molecule has 1 fully saturated rings. The summed E-state index contributed by atoms with van der Waals surface area (Å²) in [5, 5.41) is 15.6. The summed E-state index contributed by atoms with van der Waals surface area (Å²) in [7, 11) is 0. The number of hydrogen-bond acceptors (Lipinski definition) is 2. The van der Waals surface area contributed by atoms with Crippen LogP contribution in [0.5, 0.6) is 0 Å². The fraction of sp³-hybridized carbons (Fsp3) is 0.471. The van der Waals surface area contributed by atoms with E-state index in [9.17, 15) is 5.11 Å². The van der Waals surface area contributed by atoms with E-state index >= 15 is 0 Å². The van der Waals surface area contributed by atoms with Gasteiger partial charge in [0.15, 0.2) is 0 Å². The molecule has 1 aromatic heterocycles. The van der Waals surface area contributed by atoms with Crippen molar-refractivity contribution in [2.75, 3.05) is 0 Å². The molecule has 0 spiro atoms. The van der Waals surface area contributed by atoms with Gasteiger partial charge in [0, 0.05) is 13.0 Å². The number of rotatable bonds is 5. The van der Waals surface area contributed by atoms with Gasteiger partial charge in [-0.25, -0.2) is 0 Å². The average molecular weight is 305 g/mol. The molecule has 1 aliphatic rings. The zero-order valence-electron chi connectivity index (χ0n) is 12.5. The first-order valence-electron chi connectivity index (χ1n) is 7.59. The number of benzene rings is 1. The van der Waals surface area contributed by atoms with Crippen molar-refractivity contribution < 1.29 is 5.11 Å². The largest absolute Gasteiger partial charge is 0.388 e. The van der Waals surface area contributed by atoms with Crippen LogP contribution in [0.4, 0.5) is 0 Å². The van der Waals surface area contributed by atoms with Gasteiger partial charge in [-0.1, -0.05) is 35.9 Å². The van der Waals surface area contributed by atoms with Crippen molar-refractivity contribution in [3.05, 3.63) is 51.8 Å². The van der Waals surface area contributed by atoms with Crippen molar-refractivity contribution in [1.29, 1.82) is 0 Å². The molecule has 3 rings (SSSR count). The van der Waals surface area contributed by atoms with E-state index in [2.05, 4.69) is 17.2 Å². The fourth-order valence-corrected chi connectivity index (χ4v) is 3.01. The Kier molecular flexibility index (Phi) is 4.05. The summed E-state index contributed by atoms with van der Waals surface area (Å²) in [6.45, 7) is 4.70. The van der Waals surface area contributed by atoms with Crippen molar-refractivity contribution in [1.82, 2.24) is 9.78 Å². The smallest absolute Gasteiger partial charge is 0.0848 e. The lowest BCUT2D eigenvalue weighted by Crippen LogP contribution is -2.09. The van der Waals surface area contributed by atoms with Crippen LogP contribution in [-0.2, 0) is 13.0 Å². The fourth-order valence-electron chi connectivity index (χ4n) is 2.80. The minimum atomic E-state index is -0.539. The van der Waals surface area contributed by atoms with Gasteiger partial charge >= 0.3 is 0 Å². The molecule has 1 aliphatic carbocycles. The number of nitrogens with zero attached hydrogens (tertiary/aromatic N) is 2. The van der Waals surface area contributed by atoms with Crippen LogP contribution < -0.4 is 0 Å². The molecule has 1 heterocycles. The van der Waals surface area contributed by atoms with Gasteiger partial charge in [-0.15, -0.1) is 0 Å². The molecule has 0 saturated heterocycles. The van der Waals surface area contributed by atoms with Gasteiger partial charge in [0.05, 0.1) is 22.5 Å². The molecule has 0 bridgehead atoms. The van der Waals surface area contributed by atoms with E-state index in [0.29, 0.717) is 17.4 Å². The predicted octanol–water partition coefficient (Wildman–Crippen LogP) is 4.02. The second-order valence-electron chi connectivity index (χ2n) is 5.83. The van der Waals surface area contributed by atoms with Gasteiger partial charge in [-0.3, -0.25) is 4.68 Å². The summed E-state index contributed by atoms with van der Waals surface area (Å²) < 4.78 is 1.88. The number of aryl methyl sites for hydroxylation is 2. The SMILES string of the molecule is CCn1nc(C)c(Cl)c1CC(O)c1cccc(C2CC2)c1. The molecule has 2 aromatic rings. The third kappa shape index (κ3) is 2.99. The molecule has 4 heteroatoms. The maximum Gasteiger partial charge on any atom is 0.0848 e. The molecule has 1 saturated carbocycles. The molecular formula is C17H21ClN2O. The van der Waals surface area contributed by atoms with Gasteiger partial charge in [0.1, 0.15) is 0 Å². The molecule has 0 aliphatic heterocycles. The normalized spacial score (nSPS) is 16.2. The second-order valence-corrected chi connectivity index (χ2v) is 6.20. The first-order valence-corrected chi connectivity index (χ1v) is 7.97. The van der Waals surface area contributed by atoms with E-state index in [-0.39, 0.29) is 0 Å². The average Bonchev–Trinajstić information content (AvgIpc) is 3.30. The molecule has 1 atom stereocenters. The van der Waals surface area contributed by atoms with Crippen molar-refractivity contribution in [2.45, 2.75) is 51.7 Å². The third-order valence-electron chi connectivity index (χ3n) is 4.18. The van der Waals surface area contributed by atoms with Crippen LogP contribution in [0, 0.1) is 6.92 Å². The van der Waals surface area contributed by atoms with E-state index in [0.717, 1.165) is 23.5 Å². The lowest BCUT2D eigenvalue weighted by atomic mass is 10.0. The van der Waals surface area contributed by atoms with E-state index in [1.54, 1.807) is 0 Å². The summed E-state index contributed by atoms with van der Waals surface area (Å²) >= 11 is 6.32. The van der Waals surface area contributed by atoms with Crippen molar-refractivity contribution in [3.8, 4) is 0 Å². The van der Waals surface area contributed by atoms with E-state index in [1.165, 1.54) is 18.4 Å². The Balaban J connectivity index is 1.82. The van der Waals surface area contributed by atoms with Crippen LogP contribution in [0.25, 0.3) is 0 Å². The van der Waals surface area contributed by atoms with Crippen molar-refractivity contribution in [2.24, 2.45) is 0 Å². The summed E-state index contributed by atoms with van der Waals surface area (Å²) in [6, 6.07) is 8.32. The highest BCUT2D eigenvalue weighted by Gasteiger charge is 2.24. The zero-order valence-corrected chi connectivity index (χ0v) is 13.3. The first-order chi connectivity index (χ1) is 10.1. The third-order valence-corrected chi connectivity index (χ3v) is 4.68. The molecule has 3 nitrogen and oxygen atoms in total. The van der Waals surface area contributed by atoms with Gasteiger partial charge in [0.2, 0.25) is 0 Å². The lowest BCUT2D eigenvalue weighted by Gasteiger charge is -2.13. The summed E-state index contributed by atoms with van der Waals surface area (Å²) in [4.78, 5) is 0. The highest BCUT2D eigenvalue weighted by Crippen LogP contribution is 2.40. The Bertz CT molecular complexity index is 646. The number of aliphatic hydroxyl groups is 1. The van der Waals surface area contributed by atoms with Gasteiger partial charge in [-0.2, -0.15) is 5.10 Å². The van der Waals surface area contributed by atoms with Crippen LogP contribution in [0.15, 0.2) is 24.3 Å². The molecule has 1 N–H and O–H groups in total. The topological polar surface area (TPSA) is 38.0 Å². The summed E-state index contributed by atoms with van der Waals surface area (Å²) in [5.41, 5.74) is 4.06. The van der Waals surface area contributed by atoms with Gasteiger partial charge in [0.25, 0.3) is 0 Å². The van der Waals surface area contributed by atoms with E-state index in [1.807, 2.05) is 30.7 Å². The number of halogens is 1. The molecule has 21 heavy (non-hydrogen) atoms. The summed E-state index contributed by atoms with van der Waals surface area (Å²) in [5.74, 6) is 0.698. The predicted molar refractivity (Wildman–Crippen MR) is 84.7 cm³/mol. The molecule has 1 aromatic carbocycles. The van der Waals surface area contributed by atoms with E-state index < -0.39 is 6.10 Å². The van der Waals surface area contributed by atoms with Crippen LogP contribution in [-0.4, -0.2) is 14.9 Å². The molecule has 0 amide bonds. The Morgan fingerprint density at radius 3 is 2.86 bits per heavy atom.